The number of nitrogens with one attached hydrogen (secondary N) is 1. The molecule has 8 nitrogen and oxygen atoms in total. The number of pyridine rings is 1. The SMILES string of the molecule is COc1ccc(C(NS(=O)(=O)c2c(C)nn(C)c2C)C2CC(O)C2)cn1. The molecule has 3 rings (SSSR count). The van der Waals surface area contributed by atoms with Gasteiger partial charge in [-0.2, -0.15) is 5.10 Å². The highest BCUT2D eigenvalue weighted by molar-refractivity contribution is 7.89. The highest BCUT2D eigenvalue weighted by Gasteiger charge is 2.38. The minimum Gasteiger partial charge on any atom is -0.481 e. The molecule has 1 atom stereocenters. The van der Waals surface area contributed by atoms with E-state index in [2.05, 4.69) is 14.8 Å². The fourth-order valence-electron chi connectivity index (χ4n) is 3.40. The van der Waals surface area contributed by atoms with Gasteiger partial charge in [0.1, 0.15) is 4.90 Å². The van der Waals surface area contributed by atoms with E-state index in [0.29, 0.717) is 30.1 Å². The molecule has 0 spiro atoms. The van der Waals surface area contributed by atoms with Crippen molar-refractivity contribution >= 4 is 10.0 Å². The van der Waals surface area contributed by atoms with E-state index >= 15 is 0 Å². The van der Waals surface area contributed by atoms with E-state index in [1.165, 1.54) is 7.11 Å². The van der Waals surface area contributed by atoms with Crippen molar-refractivity contribution in [1.29, 1.82) is 0 Å². The van der Waals surface area contributed by atoms with Crippen LogP contribution in [0.3, 0.4) is 0 Å². The van der Waals surface area contributed by atoms with Crippen LogP contribution in [0.15, 0.2) is 23.2 Å². The van der Waals surface area contributed by atoms with Gasteiger partial charge in [0.25, 0.3) is 0 Å². The second kappa shape index (κ2) is 6.98. The maximum Gasteiger partial charge on any atom is 0.244 e. The Hall–Kier alpha value is -1.97. The zero-order valence-corrected chi connectivity index (χ0v) is 16.1. The second-order valence-corrected chi connectivity index (χ2v) is 8.39. The summed E-state index contributed by atoms with van der Waals surface area (Å²) in [6.45, 7) is 3.41. The highest BCUT2D eigenvalue weighted by atomic mass is 32.2. The molecule has 2 heterocycles. The summed E-state index contributed by atoms with van der Waals surface area (Å²) in [5, 5.41) is 13.9. The van der Waals surface area contributed by atoms with Gasteiger partial charge in [0.2, 0.25) is 15.9 Å². The van der Waals surface area contributed by atoms with E-state index in [4.69, 9.17) is 4.74 Å². The molecule has 1 aliphatic rings. The number of hydrogen-bond acceptors (Lipinski definition) is 6. The van der Waals surface area contributed by atoms with Crippen LogP contribution in [0.5, 0.6) is 5.88 Å². The van der Waals surface area contributed by atoms with Crippen LogP contribution in [-0.4, -0.2) is 41.5 Å². The van der Waals surface area contributed by atoms with Crippen LogP contribution in [0.1, 0.15) is 35.8 Å². The monoisotopic (exact) mass is 380 g/mol. The summed E-state index contributed by atoms with van der Waals surface area (Å²) in [4.78, 5) is 4.38. The minimum absolute atomic E-state index is 0.00672. The van der Waals surface area contributed by atoms with Gasteiger partial charge in [-0.3, -0.25) is 4.68 Å². The molecule has 0 saturated heterocycles. The Balaban J connectivity index is 1.94. The number of rotatable bonds is 6. The number of methoxy groups -OCH3 is 1. The molecule has 1 fully saturated rings. The van der Waals surface area contributed by atoms with Gasteiger partial charge in [-0.25, -0.2) is 18.1 Å². The Bertz CT molecular complexity index is 886. The molecule has 142 valence electrons. The number of aromatic nitrogens is 3. The lowest BCUT2D eigenvalue weighted by Crippen LogP contribution is -2.41. The van der Waals surface area contributed by atoms with Crippen molar-refractivity contribution in [1.82, 2.24) is 19.5 Å². The molecule has 0 aliphatic heterocycles. The molecule has 0 radical (unpaired) electrons. The zero-order chi connectivity index (χ0) is 19.1. The molecule has 1 aliphatic carbocycles. The lowest BCUT2D eigenvalue weighted by molar-refractivity contribution is 0.0279. The summed E-state index contributed by atoms with van der Waals surface area (Å²) in [6.07, 6.45) is 2.31. The lowest BCUT2D eigenvalue weighted by Gasteiger charge is -2.38. The van der Waals surface area contributed by atoms with Crippen LogP contribution in [0, 0.1) is 19.8 Å². The van der Waals surface area contributed by atoms with E-state index in [1.807, 2.05) is 0 Å². The number of aliphatic hydroxyl groups is 1. The van der Waals surface area contributed by atoms with Gasteiger partial charge in [-0.1, -0.05) is 6.07 Å². The number of ether oxygens (including phenoxy) is 1. The first-order chi connectivity index (χ1) is 12.2. The van der Waals surface area contributed by atoms with Crippen LogP contribution in [-0.2, 0) is 17.1 Å². The normalized spacial score (nSPS) is 21.3. The molecule has 2 aromatic rings. The van der Waals surface area contributed by atoms with Crippen LogP contribution < -0.4 is 9.46 Å². The first-order valence-electron chi connectivity index (χ1n) is 8.43. The summed E-state index contributed by atoms with van der Waals surface area (Å²) in [5.74, 6) is 0.468. The molecular weight excluding hydrogens is 356 g/mol. The molecule has 9 heteroatoms. The fraction of sp³-hybridized carbons (Fsp3) is 0.529. The van der Waals surface area contributed by atoms with Crippen molar-refractivity contribution in [3.8, 4) is 5.88 Å². The van der Waals surface area contributed by atoms with E-state index in [-0.39, 0.29) is 16.9 Å². The van der Waals surface area contributed by atoms with Gasteiger partial charge in [0, 0.05) is 19.3 Å². The van der Waals surface area contributed by atoms with Gasteiger partial charge < -0.3 is 9.84 Å². The topological polar surface area (TPSA) is 106 Å². The van der Waals surface area contributed by atoms with Crippen molar-refractivity contribution in [2.75, 3.05) is 7.11 Å². The standard InChI is InChI=1S/C17H24N4O4S/c1-10-17(11(2)21(3)19-10)26(23,24)20-16(13-7-14(22)8-13)12-5-6-15(25-4)18-9-12/h5-6,9,13-14,16,20,22H,7-8H2,1-4H3. The van der Waals surface area contributed by atoms with Gasteiger partial charge in [0.05, 0.1) is 30.6 Å². The lowest BCUT2D eigenvalue weighted by atomic mass is 9.76. The van der Waals surface area contributed by atoms with Crippen molar-refractivity contribution in [3.05, 3.63) is 35.3 Å². The summed E-state index contributed by atoms with van der Waals surface area (Å²) in [5.41, 5.74) is 1.78. The minimum atomic E-state index is -3.78. The third-order valence-corrected chi connectivity index (χ3v) is 6.63. The van der Waals surface area contributed by atoms with E-state index in [1.54, 1.807) is 43.9 Å². The van der Waals surface area contributed by atoms with Gasteiger partial charge >= 0.3 is 0 Å². The number of aryl methyl sites for hydroxylation is 2. The van der Waals surface area contributed by atoms with Crippen LogP contribution >= 0.6 is 0 Å². The Kier molecular flexibility index (Phi) is 5.05. The second-order valence-electron chi connectivity index (χ2n) is 6.74. The Morgan fingerprint density at radius 2 is 2.04 bits per heavy atom. The Morgan fingerprint density at radius 1 is 1.35 bits per heavy atom. The molecule has 0 bridgehead atoms. The molecule has 2 aromatic heterocycles. The molecule has 0 amide bonds. The molecule has 1 saturated carbocycles. The number of aliphatic hydroxyl groups excluding tert-OH is 1. The maximum atomic E-state index is 13.0. The smallest absolute Gasteiger partial charge is 0.244 e. The highest BCUT2D eigenvalue weighted by Crippen LogP contribution is 2.39. The fourth-order valence-corrected chi connectivity index (χ4v) is 5.14. The summed E-state index contributed by atoms with van der Waals surface area (Å²) >= 11 is 0. The third kappa shape index (κ3) is 3.46. The molecular formula is C17H24N4O4S. The van der Waals surface area contributed by atoms with Gasteiger partial charge in [-0.15, -0.1) is 0 Å². The summed E-state index contributed by atoms with van der Waals surface area (Å²) < 4.78 is 35.5. The van der Waals surface area contributed by atoms with Gasteiger partial charge in [0.15, 0.2) is 0 Å². The third-order valence-electron chi connectivity index (χ3n) is 4.94. The first kappa shape index (κ1) is 18.8. The van der Waals surface area contributed by atoms with E-state index < -0.39 is 16.1 Å². The molecule has 1 unspecified atom stereocenters. The van der Waals surface area contributed by atoms with Crippen molar-refractivity contribution in [2.45, 2.75) is 43.7 Å². The van der Waals surface area contributed by atoms with Crippen molar-refractivity contribution in [2.24, 2.45) is 13.0 Å². The van der Waals surface area contributed by atoms with Crippen LogP contribution in [0.25, 0.3) is 0 Å². The first-order valence-corrected chi connectivity index (χ1v) is 9.91. The van der Waals surface area contributed by atoms with Crippen LogP contribution in [0.2, 0.25) is 0 Å². The van der Waals surface area contributed by atoms with Gasteiger partial charge in [-0.05, 0) is 38.2 Å². The maximum absolute atomic E-state index is 13.0. The average Bonchev–Trinajstić information content (AvgIpc) is 2.83. The number of hydrogen-bond donors (Lipinski definition) is 2. The summed E-state index contributed by atoms with van der Waals surface area (Å²) in [6, 6.07) is 3.03. The number of nitrogens with zero attached hydrogens (tertiary/aromatic N) is 3. The quantitative estimate of drug-likeness (QED) is 0.781. The number of sulfonamides is 1. The largest absolute Gasteiger partial charge is 0.481 e. The average molecular weight is 380 g/mol. The predicted molar refractivity (Wildman–Crippen MR) is 95.3 cm³/mol. The Morgan fingerprint density at radius 3 is 2.50 bits per heavy atom. The molecule has 0 aromatic carbocycles. The zero-order valence-electron chi connectivity index (χ0n) is 15.3. The molecule has 26 heavy (non-hydrogen) atoms. The van der Waals surface area contributed by atoms with E-state index in [9.17, 15) is 13.5 Å². The predicted octanol–water partition coefficient (Wildman–Crippen LogP) is 1.23. The molecule has 2 N–H and O–H groups in total. The summed E-state index contributed by atoms with van der Waals surface area (Å²) in [7, 11) is -0.534. The Labute approximate surface area is 153 Å². The van der Waals surface area contributed by atoms with E-state index in [0.717, 1.165) is 5.56 Å². The van der Waals surface area contributed by atoms with Crippen molar-refractivity contribution < 1.29 is 18.3 Å². The van der Waals surface area contributed by atoms with Crippen molar-refractivity contribution in [3.63, 3.8) is 0 Å². The van der Waals surface area contributed by atoms with Crippen LogP contribution in [0.4, 0.5) is 0 Å².